The van der Waals surface area contributed by atoms with E-state index in [-0.39, 0.29) is 6.04 Å². The van der Waals surface area contributed by atoms with Crippen molar-refractivity contribution in [1.29, 1.82) is 0 Å². The van der Waals surface area contributed by atoms with Gasteiger partial charge in [0.2, 0.25) is 0 Å². The molecule has 1 rings (SSSR count). The van der Waals surface area contributed by atoms with E-state index in [0.717, 1.165) is 5.69 Å². The fourth-order valence-electron chi connectivity index (χ4n) is 1.65. The number of hydrogen-bond donors (Lipinski definition) is 3. The minimum atomic E-state index is -0.554. The summed E-state index contributed by atoms with van der Waals surface area (Å²) < 4.78 is 10.5. The van der Waals surface area contributed by atoms with Crippen LogP contribution in [0.4, 0.5) is 16.2 Å². The molecule has 118 valence electrons. The number of methoxy groups -OCH3 is 1. The van der Waals surface area contributed by atoms with E-state index in [2.05, 4.69) is 10.6 Å². The maximum absolute atomic E-state index is 11.9. The standard InChI is InChI=1S/C15H25N3O3/c1-10(9-16)17-11-6-7-13(20-5)12(8-11)18-14(19)21-15(2,3)4/h6-8,10,17H,9,16H2,1-5H3,(H,18,19). The van der Waals surface area contributed by atoms with E-state index in [1.807, 2.05) is 33.8 Å². The Morgan fingerprint density at radius 2 is 2.05 bits per heavy atom. The molecule has 0 aliphatic heterocycles. The lowest BCUT2D eigenvalue weighted by Gasteiger charge is -2.21. The first kappa shape index (κ1) is 17.1. The molecule has 0 aliphatic rings. The summed E-state index contributed by atoms with van der Waals surface area (Å²) in [5, 5.41) is 5.92. The molecule has 0 bridgehead atoms. The number of amides is 1. The fraction of sp³-hybridized carbons (Fsp3) is 0.533. The zero-order valence-corrected chi connectivity index (χ0v) is 13.3. The van der Waals surface area contributed by atoms with E-state index in [9.17, 15) is 4.79 Å². The highest BCUT2D eigenvalue weighted by molar-refractivity contribution is 5.88. The van der Waals surface area contributed by atoms with Gasteiger partial charge in [0.25, 0.3) is 0 Å². The van der Waals surface area contributed by atoms with E-state index in [1.54, 1.807) is 19.2 Å². The second-order valence-electron chi connectivity index (χ2n) is 5.82. The molecule has 0 heterocycles. The molecule has 0 saturated carbocycles. The summed E-state index contributed by atoms with van der Waals surface area (Å²) in [5.41, 5.74) is 6.42. The van der Waals surface area contributed by atoms with Crippen molar-refractivity contribution in [3.05, 3.63) is 18.2 Å². The molecule has 0 aromatic heterocycles. The van der Waals surface area contributed by atoms with Crippen LogP contribution in [0.3, 0.4) is 0 Å². The Kier molecular flexibility index (Phi) is 5.84. The molecule has 0 saturated heterocycles. The number of nitrogens with one attached hydrogen (secondary N) is 2. The summed E-state index contributed by atoms with van der Waals surface area (Å²) >= 11 is 0. The Balaban J connectivity index is 2.87. The van der Waals surface area contributed by atoms with Crippen molar-refractivity contribution in [3.63, 3.8) is 0 Å². The van der Waals surface area contributed by atoms with Crippen molar-refractivity contribution >= 4 is 17.5 Å². The predicted molar refractivity (Wildman–Crippen MR) is 85.0 cm³/mol. The van der Waals surface area contributed by atoms with Crippen LogP contribution in [0.15, 0.2) is 18.2 Å². The van der Waals surface area contributed by atoms with Crippen LogP contribution in [0.5, 0.6) is 5.75 Å². The average molecular weight is 295 g/mol. The molecule has 1 atom stereocenters. The molecule has 0 aliphatic carbocycles. The summed E-state index contributed by atoms with van der Waals surface area (Å²) in [5.74, 6) is 0.562. The first-order valence-electron chi connectivity index (χ1n) is 6.90. The molecule has 0 radical (unpaired) electrons. The molecule has 0 fully saturated rings. The van der Waals surface area contributed by atoms with Gasteiger partial charge in [0.15, 0.2) is 0 Å². The van der Waals surface area contributed by atoms with E-state index in [1.165, 1.54) is 0 Å². The third-order valence-corrected chi connectivity index (χ3v) is 2.60. The van der Waals surface area contributed by atoms with Gasteiger partial charge in [0, 0.05) is 18.3 Å². The SMILES string of the molecule is COc1ccc(NC(C)CN)cc1NC(=O)OC(C)(C)C. The van der Waals surface area contributed by atoms with Gasteiger partial charge < -0.3 is 20.5 Å². The summed E-state index contributed by atoms with van der Waals surface area (Å²) in [6.07, 6.45) is -0.523. The van der Waals surface area contributed by atoms with Gasteiger partial charge in [0.1, 0.15) is 11.4 Å². The van der Waals surface area contributed by atoms with Crippen LogP contribution in [-0.4, -0.2) is 31.4 Å². The third kappa shape index (κ3) is 5.91. The number of anilines is 2. The summed E-state index contributed by atoms with van der Waals surface area (Å²) in [6, 6.07) is 5.56. The number of carbonyl (C=O) groups is 1. The molecular formula is C15H25N3O3. The molecule has 21 heavy (non-hydrogen) atoms. The highest BCUT2D eigenvalue weighted by Gasteiger charge is 2.17. The predicted octanol–water partition coefficient (Wildman–Crippen LogP) is 2.80. The molecule has 6 heteroatoms. The Labute approximate surface area is 126 Å². The van der Waals surface area contributed by atoms with Crippen molar-refractivity contribution in [3.8, 4) is 5.75 Å². The first-order chi connectivity index (χ1) is 9.75. The normalized spacial score (nSPS) is 12.5. The second-order valence-corrected chi connectivity index (χ2v) is 5.82. The molecule has 1 unspecified atom stereocenters. The number of nitrogens with two attached hydrogens (primary N) is 1. The lowest BCUT2D eigenvalue weighted by atomic mass is 10.2. The van der Waals surface area contributed by atoms with E-state index >= 15 is 0 Å². The Morgan fingerprint density at radius 1 is 1.38 bits per heavy atom. The first-order valence-corrected chi connectivity index (χ1v) is 6.90. The largest absolute Gasteiger partial charge is 0.495 e. The number of carbonyl (C=O) groups excluding carboxylic acids is 1. The van der Waals surface area contributed by atoms with Gasteiger partial charge in [-0.25, -0.2) is 4.79 Å². The van der Waals surface area contributed by atoms with E-state index in [4.69, 9.17) is 15.2 Å². The van der Waals surface area contributed by atoms with Gasteiger partial charge in [0.05, 0.1) is 12.8 Å². The summed E-state index contributed by atoms with van der Waals surface area (Å²) in [7, 11) is 1.55. The van der Waals surface area contributed by atoms with Crippen molar-refractivity contribution < 1.29 is 14.3 Å². The maximum atomic E-state index is 11.9. The molecular weight excluding hydrogens is 270 g/mol. The van der Waals surface area contributed by atoms with Crippen LogP contribution in [-0.2, 0) is 4.74 Å². The number of hydrogen-bond acceptors (Lipinski definition) is 5. The zero-order chi connectivity index (χ0) is 16.0. The van der Waals surface area contributed by atoms with Gasteiger partial charge >= 0.3 is 6.09 Å². The van der Waals surface area contributed by atoms with Crippen LogP contribution in [0.2, 0.25) is 0 Å². The molecule has 6 nitrogen and oxygen atoms in total. The smallest absolute Gasteiger partial charge is 0.412 e. The number of rotatable bonds is 5. The van der Waals surface area contributed by atoms with Crippen molar-refractivity contribution in [2.24, 2.45) is 5.73 Å². The molecule has 0 spiro atoms. The summed E-state index contributed by atoms with van der Waals surface area (Å²) in [4.78, 5) is 11.9. The third-order valence-electron chi connectivity index (χ3n) is 2.60. The lowest BCUT2D eigenvalue weighted by molar-refractivity contribution is 0.0635. The number of ether oxygens (including phenoxy) is 2. The van der Waals surface area contributed by atoms with E-state index < -0.39 is 11.7 Å². The minimum Gasteiger partial charge on any atom is -0.495 e. The van der Waals surface area contributed by atoms with Gasteiger partial charge in [-0.05, 0) is 45.9 Å². The zero-order valence-electron chi connectivity index (χ0n) is 13.3. The van der Waals surface area contributed by atoms with E-state index in [0.29, 0.717) is 18.0 Å². The van der Waals surface area contributed by atoms with Crippen LogP contribution in [0, 0.1) is 0 Å². The molecule has 1 aromatic rings. The molecule has 1 aromatic carbocycles. The number of benzene rings is 1. The average Bonchev–Trinajstić information content (AvgIpc) is 2.36. The van der Waals surface area contributed by atoms with Crippen LogP contribution in [0.1, 0.15) is 27.7 Å². The minimum absolute atomic E-state index is 0.132. The topological polar surface area (TPSA) is 85.6 Å². The van der Waals surface area contributed by atoms with Crippen LogP contribution < -0.4 is 21.1 Å². The molecule has 1 amide bonds. The van der Waals surface area contributed by atoms with Gasteiger partial charge in [-0.15, -0.1) is 0 Å². The highest BCUT2D eigenvalue weighted by Crippen LogP contribution is 2.28. The highest BCUT2D eigenvalue weighted by atomic mass is 16.6. The quantitative estimate of drug-likeness (QED) is 0.777. The Morgan fingerprint density at radius 3 is 2.57 bits per heavy atom. The van der Waals surface area contributed by atoms with Crippen LogP contribution >= 0.6 is 0 Å². The van der Waals surface area contributed by atoms with Crippen molar-refractivity contribution in [2.75, 3.05) is 24.3 Å². The molecule has 4 N–H and O–H groups in total. The summed E-state index contributed by atoms with van der Waals surface area (Å²) in [6.45, 7) is 7.92. The second kappa shape index (κ2) is 7.17. The lowest BCUT2D eigenvalue weighted by Crippen LogP contribution is -2.27. The monoisotopic (exact) mass is 295 g/mol. The Hall–Kier alpha value is -1.95. The van der Waals surface area contributed by atoms with Gasteiger partial charge in [-0.2, -0.15) is 0 Å². The Bertz CT molecular complexity index is 484. The van der Waals surface area contributed by atoms with Gasteiger partial charge in [-0.1, -0.05) is 0 Å². The van der Waals surface area contributed by atoms with Crippen molar-refractivity contribution in [2.45, 2.75) is 39.3 Å². The van der Waals surface area contributed by atoms with Gasteiger partial charge in [-0.3, -0.25) is 5.32 Å². The maximum Gasteiger partial charge on any atom is 0.412 e. The van der Waals surface area contributed by atoms with Crippen LogP contribution in [0.25, 0.3) is 0 Å². The fourth-order valence-corrected chi connectivity index (χ4v) is 1.65. The van der Waals surface area contributed by atoms with Crippen molar-refractivity contribution in [1.82, 2.24) is 0 Å².